The highest BCUT2D eigenvalue weighted by Crippen LogP contribution is 2.09. The van der Waals surface area contributed by atoms with Gasteiger partial charge in [0, 0.05) is 0 Å². The molecule has 0 amide bonds. The lowest BCUT2D eigenvalue weighted by Gasteiger charge is -2.04. The van der Waals surface area contributed by atoms with Crippen LogP contribution in [0.25, 0.3) is 0 Å². The molecule has 0 bridgehead atoms. The number of allylic oxidation sites excluding steroid dienone is 7. The molecule has 2 N–H and O–H groups in total. The highest BCUT2D eigenvalue weighted by Gasteiger charge is 1.95. The van der Waals surface area contributed by atoms with Crippen LogP contribution in [0, 0.1) is 5.92 Å². The van der Waals surface area contributed by atoms with Crippen LogP contribution in [0.1, 0.15) is 52.4 Å². The maximum Gasteiger partial charge on any atom is -0.00773 e. The van der Waals surface area contributed by atoms with Crippen molar-refractivity contribution in [2.75, 3.05) is 6.54 Å². The van der Waals surface area contributed by atoms with Crippen LogP contribution in [0.5, 0.6) is 0 Å². The zero-order valence-electron chi connectivity index (χ0n) is 12.8. The SMILES string of the molecule is C=C(C)CC/C=C/C=C/C/C=C/C(C)CCCCN. The van der Waals surface area contributed by atoms with Crippen molar-refractivity contribution >= 4 is 0 Å². The summed E-state index contributed by atoms with van der Waals surface area (Å²) >= 11 is 0. The predicted octanol–water partition coefficient (Wildman–Crippen LogP) is 5.17. The van der Waals surface area contributed by atoms with Crippen LogP contribution in [0.15, 0.2) is 48.6 Å². The van der Waals surface area contributed by atoms with Crippen LogP contribution in [-0.2, 0) is 0 Å². The average Bonchev–Trinajstić information content (AvgIpc) is 2.36. The van der Waals surface area contributed by atoms with Crippen molar-refractivity contribution in [3.63, 3.8) is 0 Å². The molecule has 0 saturated carbocycles. The fraction of sp³-hybridized carbons (Fsp3) is 0.556. The lowest BCUT2D eigenvalue weighted by Crippen LogP contribution is -1.99. The first kappa shape index (κ1) is 17.9. The Labute approximate surface area is 120 Å². The molecule has 0 radical (unpaired) electrons. The monoisotopic (exact) mass is 261 g/mol. The number of nitrogens with two attached hydrogens (primary N) is 1. The summed E-state index contributed by atoms with van der Waals surface area (Å²) < 4.78 is 0. The largest absolute Gasteiger partial charge is 0.330 e. The minimum atomic E-state index is 0.672. The molecule has 1 nitrogen and oxygen atoms in total. The summed E-state index contributed by atoms with van der Waals surface area (Å²) in [6.45, 7) is 9.05. The number of hydrogen-bond acceptors (Lipinski definition) is 1. The highest BCUT2D eigenvalue weighted by molar-refractivity contribution is 5.06. The third-order valence-electron chi connectivity index (χ3n) is 2.97. The molecule has 0 heterocycles. The third kappa shape index (κ3) is 14.9. The molecule has 0 aliphatic heterocycles. The minimum absolute atomic E-state index is 0.672. The molecular formula is C18H31N. The van der Waals surface area contributed by atoms with E-state index in [1.807, 2.05) is 0 Å². The Hall–Kier alpha value is -1.08. The van der Waals surface area contributed by atoms with Crippen molar-refractivity contribution in [1.29, 1.82) is 0 Å². The smallest absolute Gasteiger partial charge is 0.00773 e. The number of rotatable bonds is 11. The molecule has 19 heavy (non-hydrogen) atoms. The summed E-state index contributed by atoms with van der Waals surface area (Å²) in [6, 6.07) is 0. The van der Waals surface area contributed by atoms with Crippen LogP contribution < -0.4 is 5.73 Å². The van der Waals surface area contributed by atoms with Gasteiger partial charge in [-0.25, -0.2) is 0 Å². The second-order valence-corrected chi connectivity index (χ2v) is 5.28. The summed E-state index contributed by atoms with van der Waals surface area (Å²) in [6.07, 6.45) is 20.0. The lowest BCUT2D eigenvalue weighted by atomic mass is 10.0. The second kappa shape index (κ2) is 13.4. The molecule has 0 aliphatic rings. The van der Waals surface area contributed by atoms with E-state index < -0.39 is 0 Å². The second-order valence-electron chi connectivity index (χ2n) is 5.28. The molecule has 0 fully saturated rings. The third-order valence-corrected chi connectivity index (χ3v) is 2.97. The van der Waals surface area contributed by atoms with Gasteiger partial charge >= 0.3 is 0 Å². The van der Waals surface area contributed by atoms with Gasteiger partial charge in [-0.2, -0.15) is 0 Å². The predicted molar refractivity (Wildman–Crippen MR) is 88.2 cm³/mol. The molecule has 0 rings (SSSR count). The molecule has 108 valence electrons. The van der Waals surface area contributed by atoms with Crippen molar-refractivity contribution in [2.24, 2.45) is 11.7 Å². The van der Waals surface area contributed by atoms with Crippen molar-refractivity contribution < 1.29 is 0 Å². The molecule has 1 unspecified atom stereocenters. The molecule has 0 saturated heterocycles. The zero-order chi connectivity index (χ0) is 14.3. The standard InChI is InChI=1S/C18H31N/c1-17(2)13-9-7-5-4-6-8-10-14-18(3)15-11-12-16-19/h4-7,10,14,18H,1,8-9,11-13,15-16,19H2,2-3H3/b6-4+,7-5+,14-10+. The van der Waals surface area contributed by atoms with Gasteiger partial charge in [0.25, 0.3) is 0 Å². The quantitative estimate of drug-likeness (QED) is 0.310. The van der Waals surface area contributed by atoms with Gasteiger partial charge in [0.1, 0.15) is 0 Å². The normalized spacial score (nSPS) is 13.8. The van der Waals surface area contributed by atoms with Crippen molar-refractivity contribution in [2.45, 2.75) is 52.4 Å². The fourth-order valence-electron chi connectivity index (χ4n) is 1.76. The Bertz CT molecular complexity index is 297. The molecule has 0 aliphatic carbocycles. The highest BCUT2D eigenvalue weighted by atomic mass is 14.5. The Kier molecular flexibility index (Phi) is 12.6. The maximum atomic E-state index is 5.48. The van der Waals surface area contributed by atoms with Gasteiger partial charge in [-0.05, 0) is 51.5 Å². The summed E-state index contributed by atoms with van der Waals surface area (Å²) in [5.74, 6) is 0.672. The van der Waals surface area contributed by atoms with Gasteiger partial charge in [-0.1, -0.05) is 55.4 Å². The number of unbranched alkanes of at least 4 members (excludes halogenated alkanes) is 1. The fourth-order valence-corrected chi connectivity index (χ4v) is 1.76. The van der Waals surface area contributed by atoms with Crippen LogP contribution in [0.4, 0.5) is 0 Å². The Balaban J connectivity index is 3.57. The minimum Gasteiger partial charge on any atom is -0.330 e. The van der Waals surface area contributed by atoms with Gasteiger partial charge in [0.2, 0.25) is 0 Å². The van der Waals surface area contributed by atoms with Gasteiger partial charge in [-0.15, -0.1) is 6.58 Å². The topological polar surface area (TPSA) is 26.0 Å². The van der Waals surface area contributed by atoms with E-state index in [4.69, 9.17) is 5.73 Å². The molecule has 0 aromatic heterocycles. The number of hydrogen-bond donors (Lipinski definition) is 1. The van der Waals surface area contributed by atoms with E-state index in [0.29, 0.717) is 5.92 Å². The first-order valence-electron chi connectivity index (χ1n) is 7.49. The summed E-state index contributed by atoms with van der Waals surface area (Å²) in [7, 11) is 0. The zero-order valence-corrected chi connectivity index (χ0v) is 12.8. The van der Waals surface area contributed by atoms with Crippen LogP contribution in [0.2, 0.25) is 0 Å². The molecule has 0 spiro atoms. The first-order valence-corrected chi connectivity index (χ1v) is 7.49. The molecular weight excluding hydrogens is 230 g/mol. The van der Waals surface area contributed by atoms with E-state index in [1.54, 1.807) is 0 Å². The van der Waals surface area contributed by atoms with E-state index >= 15 is 0 Å². The van der Waals surface area contributed by atoms with Crippen LogP contribution in [-0.4, -0.2) is 6.54 Å². The van der Waals surface area contributed by atoms with E-state index in [2.05, 4.69) is 56.9 Å². The van der Waals surface area contributed by atoms with Crippen molar-refractivity contribution in [3.8, 4) is 0 Å². The molecule has 0 aromatic rings. The van der Waals surface area contributed by atoms with Gasteiger partial charge in [0.15, 0.2) is 0 Å². The van der Waals surface area contributed by atoms with Gasteiger partial charge < -0.3 is 5.73 Å². The Morgan fingerprint density at radius 1 is 1.16 bits per heavy atom. The van der Waals surface area contributed by atoms with E-state index in [9.17, 15) is 0 Å². The summed E-state index contributed by atoms with van der Waals surface area (Å²) in [5.41, 5.74) is 6.73. The molecule has 0 aromatic carbocycles. The van der Waals surface area contributed by atoms with E-state index in [-0.39, 0.29) is 0 Å². The van der Waals surface area contributed by atoms with E-state index in [0.717, 1.165) is 32.2 Å². The lowest BCUT2D eigenvalue weighted by molar-refractivity contribution is 0.585. The molecule has 1 heteroatoms. The van der Waals surface area contributed by atoms with Gasteiger partial charge in [-0.3, -0.25) is 0 Å². The van der Waals surface area contributed by atoms with Crippen molar-refractivity contribution in [1.82, 2.24) is 0 Å². The Morgan fingerprint density at radius 2 is 1.89 bits per heavy atom. The Morgan fingerprint density at radius 3 is 2.58 bits per heavy atom. The summed E-state index contributed by atoms with van der Waals surface area (Å²) in [4.78, 5) is 0. The first-order chi connectivity index (χ1) is 9.16. The maximum absolute atomic E-state index is 5.48. The van der Waals surface area contributed by atoms with Gasteiger partial charge in [0.05, 0.1) is 0 Å². The molecule has 1 atom stereocenters. The van der Waals surface area contributed by atoms with Crippen LogP contribution >= 0.6 is 0 Å². The average molecular weight is 261 g/mol. The van der Waals surface area contributed by atoms with Crippen LogP contribution in [0.3, 0.4) is 0 Å². The van der Waals surface area contributed by atoms with E-state index in [1.165, 1.54) is 18.4 Å². The summed E-state index contributed by atoms with van der Waals surface area (Å²) in [5, 5.41) is 0. The van der Waals surface area contributed by atoms with Crippen molar-refractivity contribution in [3.05, 3.63) is 48.6 Å².